The molecule has 1 saturated carbocycles. The lowest BCUT2D eigenvalue weighted by atomic mass is 10.3. The Morgan fingerprint density at radius 3 is 2.72 bits per heavy atom. The van der Waals surface area contributed by atoms with Gasteiger partial charge in [0.2, 0.25) is 0 Å². The van der Waals surface area contributed by atoms with Gasteiger partial charge in [0.05, 0.1) is 6.61 Å². The van der Waals surface area contributed by atoms with E-state index in [0.29, 0.717) is 12.5 Å². The van der Waals surface area contributed by atoms with Crippen molar-refractivity contribution in [2.75, 3.05) is 30.9 Å². The second-order valence-electron chi connectivity index (χ2n) is 4.80. The molecule has 1 unspecified atom stereocenters. The van der Waals surface area contributed by atoms with E-state index in [0.717, 1.165) is 24.0 Å². The Kier molecular flexibility index (Phi) is 4.36. The summed E-state index contributed by atoms with van der Waals surface area (Å²) in [7, 11) is 1.71. The van der Waals surface area contributed by atoms with Crippen LogP contribution in [0.4, 0.5) is 11.6 Å². The van der Waals surface area contributed by atoms with E-state index in [1.165, 1.54) is 12.8 Å². The van der Waals surface area contributed by atoms with E-state index in [1.807, 2.05) is 6.07 Å². The number of hydrogen-bond donors (Lipinski definition) is 2. The third-order valence-electron chi connectivity index (χ3n) is 2.85. The fourth-order valence-electron chi connectivity index (χ4n) is 1.88. The molecule has 5 nitrogen and oxygen atoms in total. The minimum atomic E-state index is 0.242. The van der Waals surface area contributed by atoms with Crippen LogP contribution in [0, 0.1) is 0 Å². The average Bonchev–Trinajstić information content (AvgIpc) is 3.13. The number of methoxy groups -OCH3 is 1. The summed E-state index contributed by atoms with van der Waals surface area (Å²) >= 11 is 0. The van der Waals surface area contributed by atoms with Gasteiger partial charge in [-0.2, -0.15) is 0 Å². The quantitative estimate of drug-likeness (QED) is 0.777. The van der Waals surface area contributed by atoms with E-state index in [1.54, 1.807) is 7.11 Å². The van der Waals surface area contributed by atoms with Gasteiger partial charge in [-0.25, -0.2) is 9.97 Å². The van der Waals surface area contributed by atoms with Crippen LogP contribution in [0.3, 0.4) is 0 Å². The zero-order valence-electron chi connectivity index (χ0n) is 11.4. The number of ether oxygens (including phenoxy) is 1. The summed E-state index contributed by atoms with van der Waals surface area (Å²) in [4.78, 5) is 9.13. The van der Waals surface area contributed by atoms with Gasteiger partial charge >= 0.3 is 0 Å². The Labute approximate surface area is 108 Å². The molecule has 1 aliphatic rings. The molecule has 18 heavy (non-hydrogen) atoms. The molecule has 0 spiro atoms. The summed E-state index contributed by atoms with van der Waals surface area (Å²) in [6.07, 6.45) is 2.42. The topological polar surface area (TPSA) is 59.1 Å². The van der Waals surface area contributed by atoms with Crippen molar-refractivity contribution >= 4 is 11.6 Å². The van der Waals surface area contributed by atoms with Gasteiger partial charge in [-0.1, -0.05) is 0 Å². The van der Waals surface area contributed by atoms with Gasteiger partial charge < -0.3 is 15.4 Å². The molecule has 2 N–H and O–H groups in total. The van der Waals surface area contributed by atoms with Gasteiger partial charge in [0.15, 0.2) is 0 Å². The Morgan fingerprint density at radius 1 is 1.39 bits per heavy atom. The highest BCUT2D eigenvalue weighted by Crippen LogP contribution is 2.38. The first-order valence-electron chi connectivity index (χ1n) is 6.61. The van der Waals surface area contributed by atoms with Crippen LogP contribution in [0.1, 0.15) is 38.4 Å². The summed E-state index contributed by atoms with van der Waals surface area (Å²) in [6, 6.07) is 2.20. The van der Waals surface area contributed by atoms with Crippen molar-refractivity contribution < 1.29 is 4.74 Å². The van der Waals surface area contributed by atoms with Crippen LogP contribution in [0.25, 0.3) is 0 Å². The molecule has 0 aliphatic heterocycles. The number of nitrogens with one attached hydrogen (secondary N) is 2. The predicted octanol–water partition coefficient (Wildman–Crippen LogP) is 2.23. The Hall–Kier alpha value is -1.36. The van der Waals surface area contributed by atoms with E-state index < -0.39 is 0 Å². The van der Waals surface area contributed by atoms with E-state index in [-0.39, 0.29) is 6.04 Å². The first-order chi connectivity index (χ1) is 8.72. The highest BCUT2D eigenvalue weighted by molar-refractivity contribution is 5.48. The number of anilines is 2. The van der Waals surface area contributed by atoms with Gasteiger partial charge in [-0.3, -0.25) is 0 Å². The second kappa shape index (κ2) is 6.00. The van der Waals surface area contributed by atoms with Gasteiger partial charge in [-0.15, -0.1) is 0 Å². The molecule has 0 saturated heterocycles. The van der Waals surface area contributed by atoms with Crippen LogP contribution in [0.5, 0.6) is 0 Å². The van der Waals surface area contributed by atoms with E-state index in [2.05, 4.69) is 34.4 Å². The summed E-state index contributed by atoms with van der Waals surface area (Å²) in [5, 5.41) is 6.60. The maximum atomic E-state index is 5.12. The fourth-order valence-corrected chi connectivity index (χ4v) is 1.88. The molecule has 5 heteroatoms. The molecule has 0 bridgehead atoms. The fraction of sp³-hybridized carbons (Fsp3) is 0.692. The van der Waals surface area contributed by atoms with Crippen molar-refractivity contribution in [2.45, 2.75) is 38.6 Å². The van der Waals surface area contributed by atoms with E-state index >= 15 is 0 Å². The zero-order chi connectivity index (χ0) is 13.0. The standard InChI is InChI=1S/C13H22N4O/c1-4-14-11-7-12(15-9(2)8-18-3)17-13(16-11)10-5-6-10/h7,9-10H,4-6,8H2,1-3H3,(H2,14,15,16,17). The summed E-state index contributed by atoms with van der Waals surface area (Å²) in [5.74, 6) is 3.30. The van der Waals surface area contributed by atoms with Crippen LogP contribution in [-0.4, -0.2) is 36.3 Å². The first kappa shape index (κ1) is 13.1. The molecule has 1 fully saturated rings. The molecular weight excluding hydrogens is 228 g/mol. The molecule has 2 rings (SSSR count). The van der Waals surface area contributed by atoms with Crippen LogP contribution in [-0.2, 0) is 4.74 Å². The lowest BCUT2D eigenvalue weighted by Gasteiger charge is -2.15. The molecular formula is C13H22N4O. The van der Waals surface area contributed by atoms with E-state index in [9.17, 15) is 0 Å². The lowest BCUT2D eigenvalue weighted by Crippen LogP contribution is -2.22. The largest absolute Gasteiger partial charge is 0.383 e. The average molecular weight is 250 g/mol. The van der Waals surface area contributed by atoms with Crippen molar-refractivity contribution in [3.63, 3.8) is 0 Å². The molecule has 1 heterocycles. The maximum Gasteiger partial charge on any atom is 0.136 e. The van der Waals surface area contributed by atoms with Crippen LogP contribution in [0.15, 0.2) is 6.07 Å². The van der Waals surface area contributed by atoms with Crippen molar-refractivity contribution in [1.82, 2.24) is 9.97 Å². The van der Waals surface area contributed by atoms with E-state index in [4.69, 9.17) is 4.74 Å². The van der Waals surface area contributed by atoms with Gasteiger partial charge in [-0.05, 0) is 26.7 Å². The molecule has 0 amide bonds. The minimum Gasteiger partial charge on any atom is -0.383 e. The molecule has 1 atom stereocenters. The molecule has 1 aromatic rings. The molecule has 1 aromatic heterocycles. The maximum absolute atomic E-state index is 5.12. The number of hydrogen-bond acceptors (Lipinski definition) is 5. The van der Waals surface area contributed by atoms with Crippen molar-refractivity contribution in [2.24, 2.45) is 0 Å². The normalized spacial score (nSPS) is 16.4. The molecule has 0 aromatic carbocycles. The van der Waals surface area contributed by atoms with Gasteiger partial charge in [0, 0.05) is 31.7 Å². The highest BCUT2D eigenvalue weighted by atomic mass is 16.5. The summed E-state index contributed by atoms with van der Waals surface area (Å²) in [6.45, 7) is 5.68. The lowest BCUT2D eigenvalue weighted by molar-refractivity contribution is 0.190. The summed E-state index contributed by atoms with van der Waals surface area (Å²) in [5.41, 5.74) is 0. The second-order valence-corrected chi connectivity index (χ2v) is 4.80. The molecule has 100 valence electrons. The van der Waals surface area contributed by atoms with Gasteiger partial charge in [0.25, 0.3) is 0 Å². The third-order valence-corrected chi connectivity index (χ3v) is 2.85. The molecule has 0 radical (unpaired) electrons. The predicted molar refractivity (Wildman–Crippen MR) is 73.1 cm³/mol. The smallest absolute Gasteiger partial charge is 0.136 e. The monoisotopic (exact) mass is 250 g/mol. The Morgan fingerprint density at radius 2 is 2.11 bits per heavy atom. The Balaban J connectivity index is 2.11. The first-order valence-corrected chi connectivity index (χ1v) is 6.61. The van der Waals surface area contributed by atoms with Crippen molar-refractivity contribution in [1.29, 1.82) is 0 Å². The Bertz CT molecular complexity index is 393. The summed E-state index contributed by atoms with van der Waals surface area (Å²) < 4.78 is 5.12. The minimum absolute atomic E-state index is 0.242. The van der Waals surface area contributed by atoms with Crippen molar-refractivity contribution in [3.8, 4) is 0 Å². The number of rotatable bonds is 7. The molecule has 1 aliphatic carbocycles. The van der Waals surface area contributed by atoms with Crippen molar-refractivity contribution in [3.05, 3.63) is 11.9 Å². The number of aromatic nitrogens is 2. The van der Waals surface area contributed by atoms with Crippen LogP contribution in [0.2, 0.25) is 0 Å². The zero-order valence-corrected chi connectivity index (χ0v) is 11.4. The van der Waals surface area contributed by atoms with Crippen LogP contribution < -0.4 is 10.6 Å². The number of nitrogens with zero attached hydrogens (tertiary/aromatic N) is 2. The highest BCUT2D eigenvalue weighted by Gasteiger charge is 2.27. The SMILES string of the molecule is CCNc1cc(NC(C)COC)nc(C2CC2)n1. The van der Waals surface area contributed by atoms with Gasteiger partial charge in [0.1, 0.15) is 17.5 Å². The third kappa shape index (κ3) is 3.57. The van der Waals surface area contributed by atoms with Crippen LogP contribution >= 0.6 is 0 Å².